The van der Waals surface area contributed by atoms with E-state index in [9.17, 15) is 0 Å². The van der Waals surface area contributed by atoms with Crippen LogP contribution in [0.15, 0.2) is 78.9 Å². The molecule has 1 nitrogen and oxygen atoms in total. The molecule has 0 N–H and O–H groups in total. The molecule has 142 valence electrons. The van der Waals surface area contributed by atoms with Crippen molar-refractivity contribution in [3.63, 3.8) is 0 Å². The molecule has 4 aromatic rings. The van der Waals surface area contributed by atoms with Crippen LogP contribution in [0.25, 0.3) is 10.9 Å². The van der Waals surface area contributed by atoms with E-state index in [1.165, 1.54) is 38.1 Å². The Hall–Kier alpha value is -2.37. The highest BCUT2D eigenvalue weighted by molar-refractivity contribution is 7.79. The molecule has 28 heavy (non-hydrogen) atoms. The third kappa shape index (κ3) is 3.64. The van der Waals surface area contributed by atoms with Gasteiger partial charge in [0.1, 0.15) is 0 Å². The summed E-state index contributed by atoms with van der Waals surface area (Å²) in [6.07, 6.45) is 0. The average Bonchev–Trinajstić information content (AvgIpc) is 3.01. The molecule has 4 rings (SSSR count). The minimum atomic E-state index is -0.601. The van der Waals surface area contributed by atoms with Crippen molar-refractivity contribution in [3.8, 4) is 0 Å². The summed E-state index contributed by atoms with van der Waals surface area (Å²) < 4.78 is 2.58. The van der Waals surface area contributed by atoms with Gasteiger partial charge in [-0.3, -0.25) is 0 Å². The molecule has 1 aromatic heterocycles. The summed E-state index contributed by atoms with van der Waals surface area (Å²) in [5.74, 6) is 0.597. The maximum Gasteiger partial charge on any atom is 0.0512 e. The first-order chi connectivity index (χ1) is 13.5. The summed E-state index contributed by atoms with van der Waals surface area (Å²) in [5, 5.41) is 4.17. The van der Waals surface area contributed by atoms with Crippen molar-refractivity contribution < 1.29 is 0 Å². The van der Waals surface area contributed by atoms with Crippen LogP contribution < -0.4 is 16.0 Å². The first-order valence-electron chi connectivity index (χ1n) is 10.1. The summed E-state index contributed by atoms with van der Waals surface area (Å²) in [5.41, 5.74) is 5.54. The van der Waals surface area contributed by atoms with Gasteiger partial charge in [-0.05, 0) is 59.7 Å². The lowest BCUT2D eigenvalue weighted by molar-refractivity contribution is 0.543. The monoisotopic (exact) mass is 385 g/mol. The Morgan fingerprint density at radius 1 is 0.750 bits per heavy atom. The molecule has 2 heteroatoms. The molecule has 0 atom stereocenters. The SMILES string of the molecule is Cc1cc2cc(P(c3ccccc3)c3ccccc3)n(CC(C)C)c2cc1C. The van der Waals surface area contributed by atoms with E-state index in [-0.39, 0.29) is 0 Å². The zero-order valence-electron chi connectivity index (χ0n) is 17.2. The second kappa shape index (κ2) is 7.94. The van der Waals surface area contributed by atoms with Gasteiger partial charge in [0.25, 0.3) is 0 Å². The molecule has 0 bridgehead atoms. The van der Waals surface area contributed by atoms with Crippen LogP contribution in [0.4, 0.5) is 0 Å². The van der Waals surface area contributed by atoms with Gasteiger partial charge in [0.05, 0.1) is 5.44 Å². The first kappa shape index (κ1) is 19.0. The van der Waals surface area contributed by atoms with Crippen LogP contribution in [0.2, 0.25) is 0 Å². The quantitative estimate of drug-likeness (QED) is 0.390. The fraction of sp³-hybridized carbons (Fsp3) is 0.231. The average molecular weight is 385 g/mol. The molecular weight excluding hydrogens is 357 g/mol. The zero-order valence-corrected chi connectivity index (χ0v) is 18.1. The predicted molar refractivity (Wildman–Crippen MR) is 125 cm³/mol. The number of hydrogen-bond donors (Lipinski definition) is 0. The van der Waals surface area contributed by atoms with E-state index in [2.05, 4.69) is 111 Å². The Morgan fingerprint density at radius 2 is 1.29 bits per heavy atom. The molecule has 0 aliphatic heterocycles. The maximum absolute atomic E-state index is 2.58. The minimum absolute atomic E-state index is 0.597. The Balaban J connectivity index is 2.00. The van der Waals surface area contributed by atoms with Crippen molar-refractivity contribution in [2.45, 2.75) is 34.2 Å². The number of rotatable bonds is 5. The van der Waals surface area contributed by atoms with Crippen molar-refractivity contribution in [2.75, 3.05) is 0 Å². The van der Waals surface area contributed by atoms with E-state index in [4.69, 9.17) is 0 Å². The molecule has 0 unspecified atom stereocenters. The highest BCUT2D eigenvalue weighted by Gasteiger charge is 2.22. The van der Waals surface area contributed by atoms with E-state index >= 15 is 0 Å². The molecule has 1 heterocycles. The van der Waals surface area contributed by atoms with Gasteiger partial charge in [-0.2, -0.15) is 0 Å². The molecule has 0 aliphatic carbocycles. The van der Waals surface area contributed by atoms with Gasteiger partial charge < -0.3 is 4.57 Å². The molecular formula is C26H28NP. The van der Waals surface area contributed by atoms with Crippen LogP contribution in [-0.2, 0) is 6.54 Å². The van der Waals surface area contributed by atoms with Crippen LogP contribution in [0.5, 0.6) is 0 Å². The normalized spacial score (nSPS) is 11.6. The van der Waals surface area contributed by atoms with Gasteiger partial charge >= 0.3 is 0 Å². The van der Waals surface area contributed by atoms with E-state index < -0.39 is 7.92 Å². The second-order valence-corrected chi connectivity index (χ2v) is 10.2. The van der Waals surface area contributed by atoms with E-state index in [1.54, 1.807) is 0 Å². The predicted octanol–water partition coefficient (Wildman–Crippen LogP) is 5.67. The summed E-state index contributed by atoms with van der Waals surface area (Å²) >= 11 is 0. The molecule has 0 aliphatic rings. The fourth-order valence-electron chi connectivity index (χ4n) is 3.82. The van der Waals surface area contributed by atoms with Gasteiger partial charge in [0.15, 0.2) is 0 Å². The second-order valence-electron chi connectivity index (χ2n) is 8.01. The van der Waals surface area contributed by atoms with Gasteiger partial charge in [0, 0.05) is 25.4 Å². The van der Waals surface area contributed by atoms with Gasteiger partial charge in [-0.25, -0.2) is 0 Å². The van der Waals surface area contributed by atoms with E-state index in [0.717, 1.165) is 6.54 Å². The van der Waals surface area contributed by atoms with Crippen LogP contribution >= 0.6 is 7.92 Å². The summed E-state index contributed by atoms with van der Waals surface area (Å²) in [6.45, 7) is 10.1. The van der Waals surface area contributed by atoms with Crippen LogP contribution in [0, 0.1) is 19.8 Å². The molecule has 0 fully saturated rings. The lowest BCUT2D eigenvalue weighted by atomic mass is 10.1. The third-order valence-corrected chi connectivity index (χ3v) is 7.76. The first-order valence-corrected chi connectivity index (χ1v) is 11.4. The standard InChI is InChI=1S/C26H28NP/c1-19(2)18-27-25-16-21(4)20(3)15-22(25)17-26(27)28(23-11-7-5-8-12-23)24-13-9-6-10-14-24/h5-17,19H,18H2,1-4H3. The van der Waals surface area contributed by atoms with Crippen molar-refractivity contribution in [1.29, 1.82) is 0 Å². The van der Waals surface area contributed by atoms with E-state index in [0.29, 0.717) is 5.92 Å². The smallest absolute Gasteiger partial charge is 0.0512 e. The van der Waals surface area contributed by atoms with Crippen molar-refractivity contribution in [1.82, 2.24) is 4.57 Å². The maximum atomic E-state index is 2.58. The molecule has 0 radical (unpaired) electrons. The number of benzene rings is 3. The summed E-state index contributed by atoms with van der Waals surface area (Å²) in [7, 11) is -0.601. The number of hydrogen-bond acceptors (Lipinski definition) is 0. The van der Waals surface area contributed by atoms with Gasteiger partial charge in [-0.15, -0.1) is 0 Å². The fourth-order valence-corrected chi connectivity index (χ4v) is 6.29. The lowest BCUT2D eigenvalue weighted by Gasteiger charge is -2.22. The molecule has 0 amide bonds. The molecule has 0 saturated carbocycles. The lowest BCUT2D eigenvalue weighted by Crippen LogP contribution is -2.27. The Kier molecular flexibility index (Phi) is 5.38. The molecule has 0 spiro atoms. The zero-order chi connectivity index (χ0) is 19.7. The Bertz CT molecular complexity index is 1040. The topological polar surface area (TPSA) is 4.93 Å². The van der Waals surface area contributed by atoms with Crippen LogP contribution in [-0.4, -0.2) is 4.57 Å². The van der Waals surface area contributed by atoms with E-state index in [1.807, 2.05) is 0 Å². The molecule has 0 saturated heterocycles. The number of aryl methyl sites for hydroxylation is 2. The Morgan fingerprint density at radius 3 is 1.82 bits per heavy atom. The van der Waals surface area contributed by atoms with Crippen LogP contribution in [0.1, 0.15) is 25.0 Å². The highest BCUT2D eigenvalue weighted by Crippen LogP contribution is 2.36. The van der Waals surface area contributed by atoms with Gasteiger partial charge in [0.2, 0.25) is 0 Å². The number of aromatic nitrogens is 1. The molecule has 3 aromatic carbocycles. The van der Waals surface area contributed by atoms with Crippen molar-refractivity contribution in [3.05, 3.63) is 90.0 Å². The highest BCUT2D eigenvalue weighted by atomic mass is 31.1. The summed E-state index contributed by atoms with van der Waals surface area (Å²) in [4.78, 5) is 0. The minimum Gasteiger partial charge on any atom is -0.340 e. The Labute approximate surface area is 169 Å². The summed E-state index contributed by atoms with van der Waals surface area (Å²) in [6, 6.07) is 29.2. The van der Waals surface area contributed by atoms with Crippen molar-refractivity contribution >= 4 is 34.9 Å². The number of nitrogens with zero attached hydrogens (tertiary/aromatic N) is 1. The number of fused-ring (bicyclic) bond motifs is 1. The largest absolute Gasteiger partial charge is 0.340 e. The van der Waals surface area contributed by atoms with Crippen LogP contribution in [0.3, 0.4) is 0 Å². The van der Waals surface area contributed by atoms with Gasteiger partial charge in [-0.1, -0.05) is 74.5 Å². The third-order valence-electron chi connectivity index (χ3n) is 5.30. The van der Waals surface area contributed by atoms with Crippen molar-refractivity contribution in [2.24, 2.45) is 5.92 Å².